The fourth-order valence-electron chi connectivity index (χ4n) is 2.17. The molecule has 0 fully saturated rings. The normalized spacial score (nSPS) is 16.6. The predicted octanol–water partition coefficient (Wildman–Crippen LogP) is 5.20. The molecule has 2 unspecified atom stereocenters. The molecule has 1 heteroatoms. The highest BCUT2D eigenvalue weighted by Gasteiger charge is 2.28. The maximum Gasteiger partial charge on any atom is 0.0864 e. The van der Waals surface area contributed by atoms with Gasteiger partial charge >= 0.3 is 0 Å². The van der Waals surface area contributed by atoms with Gasteiger partial charge in [0, 0.05) is 5.92 Å². The Bertz CT molecular complexity index is 358. The maximum absolute atomic E-state index is 10.3. The van der Waals surface area contributed by atoms with Crippen molar-refractivity contribution < 1.29 is 5.11 Å². The van der Waals surface area contributed by atoms with E-state index in [0.717, 1.165) is 31.3 Å². The number of hydrogen-bond acceptors (Lipinski definition) is 1. The molecule has 2 atom stereocenters. The predicted molar refractivity (Wildman–Crippen MR) is 86.2 cm³/mol. The molecule has 0 aromatic carbocycles. The fraction of sp³-hybridized carbons (Fsp3) is 0.556. The minimum absolute atomic E-state index is 0.0288. The van der Waals surface area contributed by atoms with Gasteiger partial charge in [-0.2, -0.15) is 0 Å². The molecule has 19 heavy (non-hydrogen) atoms. The molecular formula is C18H30O. The summed E-state index contributed by atoms with van der Waals surface area (Å²) >= 11 is 0. The smallest absolute Gasteiger partial charge is 0.0864 e. The van der Waals surface area contributed by atoms with Crippen LogP contribution in [0.15, 0.2) is 48.6 Å². The largest absolute Gasteiger partial charge is 0.385 e. The van der Waals surface area contributed by atoms with Crippen LogP contribution in [0, 0.1) is 5.92 Å². The lowest BCUT2D eigenvalue weighted by atomic mass is 9.81. The first-order valence-electron chi connectivity index (χ1n) is 7.02. The van der Waals surface area contributed by atoms with E-state index < -0.39 is 5.60 Å². The van der Waals surface area contributed by atoms with Crippen LogP contribution in [-0.4, -0.2) is 10.7 Å². The van der Waals surface area contributed by atoms with Gasteiger partial charge in [-0.15, -0.1) is 13.2 Å². The molecule has 0 saturated heterocycles. The highest BCUT2D eigenvalue weighted by Crippen LogP contribution is 2.29. The van der Waals surface area contributed by atoms with Crippen molar-refractivity contribution in [2.75, 3.05) is 0 Å². The van der Waals surface area contributed by atoms with E-state index in [1.165, 1.54) is 11.1 Å². The lowest BCUT2D eigenvalue weighted by Gasteiger charge is -2.30. The Kier molecular flexibility index (Phi) is 7.70. The third-order valence-electron chi connectivity index (χ3n) is 3.59. The zero-order chi connectivity index (χ0) is 15.1. The molecule has 108 valence electrons. The zero-order valence-corrected chi connectivity index (χ0v) is 13.1. The topological polar surface area (TPSA) is 20.2 Å². The summed E-state index contributed by atoms with van der Waals surface area (Å²) in [6.45, 7) is 19.6. The maximum atomic E-state index is 10.3. The standard InChI is InChI=1S/C18H30O/c1-8-18(7,19)17(15(4)5)13-12-16(6)11-9-10-14(2)3/h8,12,17,19H,1-2,4,9-11,13H2,3,5-7H3/b16-12+. The van der Waals surface area contributed by atoms with Crippen molar-refractivity contribution in [2.24, 2.45) is 5.92 Å². The molecule has 0 aliphatic carbocycles. The van der Waals surface area contributed by atoms with E-state index in [-0.39, 0.29) is 5.92 Å². The van der Waals surface area contributed by atoms with Gasteiger partial charge in [-0.3, -0.25) is 0 Å². The van der Waals surface area contributed by atoms with E-state index in [0.29, 0.717) is 0 Å². The van der Waals surface area contributed by atoms with E-state index in [1.807, 2.05) is 6.92 Å². The number of rotatable bonds is 9. The molecule has 0 rings (SSSR count). The van der Waals surface area contributed by atoms with Crippen LogP contribution >= 0.6 is 0 Å². The Labute approximate surface area is 119 Å². The Balaban J connectivity index is 4.50. The molecule has 0 aliphatic heterocycles. The van der Waals surface area contributed by atoms with Crippen LogP contribution in [0.4, 0.5) is 0 Å². The summed E-state index contributed by atoms with van der Waals surface area (Å²) in [5, 5.41) is 10.3. The Morgan fingerprint density at radius 1 is 1.21 bits per heavy atom. The van der Waals surface area contributed by atoms with Gasteiger partial charge in [0.15, 0.2) is 0 Å². The van der Waals surface area contributed by atoms with Crippen LogP contribution in [0.25, 0.3) is 0 Å². The summed E-state index contributed by atoms with van der Waals surface area (Å²) in [4.78, 5) is 0. The molecule has 0 aromatic heterocycles. The fourth-order valence-corrected chi connectivity index (χ4v) is 2.17. The van der Waals surface area contributed by atoms with Crippen LogP contribution in [0.2, 0.25) is 0 Å². The summed E-state index contributed by atoms with van der Waals surface area (Å²) in [7, 11) is 0. The van der Waals surface area contributed by atoms with Crippen LogP contribution in [-0.2, 0) is 0 Å². The van der Waals surface area contributed by atoms with Gasteiger partial charge in [0.05, 0.1) is 5.60 Å². The molecule has 1 nitrogen and oxygen atoms in total. The minimum atomic E-state index is -0.889. The summed E-state index contributed by atoms with van der Waals surface area (Å²) in [6.07, 6.45) is 7.96. The zero-order valence-electron chi connectivity index (χ0n) is 13.1. The van der Waals surface area contributed by atoms with Gasteiger partial charge in [-0.05, 0) is 53.4 Å². The van der Waals surface area contributed by atoms with Gasteiger partial charge < -0.3 is 5.11 Å². The van der Waals surface area contributed by atoms with Gasteiger partial charge in [-0.1, -0.05) is 35.5 Å². The first kappa shape index (κ1) is 17.9. The molecule has 0 amide bonds. The monoisotopic (exact) mass is 262 g/mol. The van der Waals surface area contributed by atoms with E-state index in [1.54, 1.807) is 13.0 Å². The Morgan fingerprint density at radius 2 is 1.79 bits per heavy atom. The van der Waals surface area contributed by atoms with Crippen molar-refractivity contribution >= 4 is 0 Å². The van der Waals surface area contributed by atoms with Gasteiger partial charge in [0.1, 0.15) is 0 Å². The average Bonchev–Trinajstić information content (AvgIpc) is 2.27. The first-order valence-corrected chi connectivity index (χ1v) is 7.02. The van der Waals surface area contributed by atoms with Crippen LogP contribution in [0.5, 0.6) is 0 Å². The van der Waals surface area contributed by atoms with E-state index in [2.05, 4.69) is 39.7 Å². The SMILES string of the molecule is C=CC(C)(O)C(C/C=C(\C)CCCC(=C)C)C(=C)C. The summed E-state index contributed by atoms with van der Waals surface area (Å²) in [5.41, 5.74) is 2.71. The molecule has 0 heterocycles. The molecule has 0 bridgehead atoms. The second-order valence-electron chi connectivity index (χ2n) is 5.93. The van der Waals surface area contributed by atoms with Crippen molar-refractivity contribution in [3.8, 4) is 0 Å². The Hall–Kier alpha value is -1.08. The molecule has 1 N–H and O–H groups in total. The van der Waals surface area contributed by atoms with Crippen LogP contribution < -0.4 is 0 Å². The molecular weight excluding hydrogens is 232 g/mol. The lowest BCUT2D eigenvalue weighted by Crippen LogP contribution is -2.32. The van der Waals surface area contributed by atoms with Gasteiger partial charge in [0.25, 0.3) is 0 Å². The van der Waals surface area contributed by atoms with Gasteiger partial charge in [-0.25, -0.2) is 0 Å². The van der Waals surface area contributed by atoms with Crippen LogP contribution in [0.1, 0.15) is 53.4 Å². The molecule has 0 aliphatic rings. The highest BCUT2D eigenvalue weighted by atomic mass is 16.3. The van der Waals surface area contributed by atoms with Crippen LogP contribution in [0.3, 0.4) is 0 Å². The first-order chi connectivity index (χ1) is 8.70. The molecule has 0 spiro atoms. The van der Waals surface area contributed by atoms with Crippen molar-refractivity contribution in [3.63, 3.8) is 0 Å². The average molecular weight is 262 g/mol. The number of hydrogen-bond donors (Lipinski definition) is 1. The van der Waals surface area contributed by atoms with E-state index in [4.69, 9.17) is 0 Å². The van der Waals surface area contributed by atoms with Gasteiger partial charge in [0.2, 0.25) is 0 Å². The lowest BCUT2D eigenvalue weighted by molar-refractivity contribution is 0.0638. The molecule has 0 radical (unpaired) electrons. The number of aliphatic hydroxyl groups is 1. The van der Waals surface area contributed by atoms with Crippen molar-refractivity contribution in [1.82, 2.24) is 0 Å². The van der Waals surface area contributed by atoms with E-state index in [9.17, 15) is 5.11 Å². The third kappa shape index (κ3) is 7.17. The number of allylic oxidation sites excluding steroid dienone is 3. The Morgan fingerprint density at radius 3 is 2.21 bits per heavy atom. The molecule has 0 saturated carbocycles. The van der Waals surface area contributed by atoms with Crippen molar-refractivity contribution in [2.45, 2.75) is 59.0 Å². The summed E-state index contributed by atoms with van der Waals surface area (Å²) in [6, 6.07) is 0. The molecule has 0 aromatic rings. The van der Waals surface area contributed by atoms with E-state index >= 15 is 0 Å². The second-order valence-corrected chi connectivity index (χ2v) is 5.93. The van der Waals surface area contributed by atoms with Crippen molar-refractivity contribution in [3.05, 3.63) is 48.6 Å². The summed E-state index contributed by atoms with van der Waals surface area (Å²) < 4.78 is 0. The third-order valence-corrected chi connectivity index (χ3v) is 3.59. The second kappa shape index (κ2) is 8.16. The van der Waals surface area contributed by atoms with Crippen molar-refractivity contribution in [1.29, 1.82) is 0 Å². The quantitative estimate of drug-likeness (QED) is 0.566. The summed E-state index contributed by atoms with van der Waals surface area (Å²) in [5.74, 6) is 0.0288. The minimum Gasteiger partial charge on any atom is -0.385 e. The highest BCUT2D eigenvalue weighted by molar-refractivity contribution is 5.14.